The molecule has 0 aliphatic carbocycles. The first kappa shape index (κ1) is 12.0. The Morgan fingerprint density at radius 1 is 1.23 bits per heavy atom. The Kier molecular flexibility index (Phi) is 5.96. The van der Waals surface area contributed by atoms with E-state index in [4.69, 9.17) is 14.5 Å². The average molecular weight is 200 g/mol. The topological polar surface area (TPSA) is 66.5 Å². The Labute approximate surface area is 81.9 Å². The molecular weight excluding hydrogens is 192 g/mol. The normalized spacial score (nSPS) is 8.15. The maximum atomic E-state index is 7.00. The smallest absolute Gasteiger partial charge is 0.443 e. The molecule has 0 aliphatic heterocycles. The first-order chi connectivity index (χ1) is 5.88. The second-order valence-electron chi connectivity index (χ2n) is 1.94. The highest BCUT2D eigenvalue weighted by Gasteiger charge is 1.91. The standard InChI is InChI=1S/C7H5NO.BH2O2.ClH/c1-2-4-7-6(3-1)8-5-9-7;2-1-3;/h1-5H;2-3H;1H. The highest BCUT2D eigenvalue weighted by atomic mass is 35.5. The van der Waals surface area contributed by atoms with Crippen LogP contribution in [0.3, 0.4) is 0 Å². The zero-order valence-corrected chi connectivity index (χ0v) is 7.44. The number of aromatic nitrogens is 1. The lowest BCUT2D eigenvalue weighted by Gasteiger charge is -1.79. The first-order valence-electron chi connectivity index (χ1n) is 3.27. The third-order valence-electron chi connectivity index (χ3n) is 1.24. The Bertz CT molecular complexity index is 311. The van der Waals surface area contributed by atoms with Gasteiger partial charge in [0.05, 0.1) is 0 Å². The van der Waals surface area contributed by atoms with Gasteiger partial charge in [0.1, 0.15) is 5.52 Å². The summed E-state index contributed by atoms with van der Waals surface area (Å²) in [7, 11) is 0. The Hall–Kier alpha value is -1.04. The summed E-state index contributed by atoms with van der Waals surface area (Å²) in [5.74, 6) is 0. The van der Waals surface area contributed by atoms with Gasteiger partial charge in [-0.15, -0.1) is 12.4 Å². The lowest BCUT2D eigenvalue weighted by atomic mass is 10.3. The van der Waals surface area contributed by atoms with Crippen LogP contribution in [0.4, 0.5) is 0 Å². The molecule has 6 heteroatoms. The van der Waals surface area contributed by atoms with Crippen LogP contribution in [0.15, 0.2) is 35.1 Å². The van der Waals surface area contributed by atoms with Crippen molar-refractivity contribution in [2.24, 2.45) is 0 Å². The van der Waals surface area contributed by atoms with Gasteiger partial charge in [0, 0.05) is 0 Å². The van der Waals surface area contributed by atoms with Gasteiger partial charge in [0.2, 0.25) is 0 Å². The van der Waals surface area contributed by atoms with Crippen molar-refractivity contribution < 1.29 is 14.5 Å². The summed E-state index contributed by atoms with van der Waals surface area (Å²) in [6.45, 7) is 0. The van der Waals surface area contributed by atoms with Crippen LogP contribution in [0.25, 0.3) is 11.1 Å². The van der Waals surface area contributed by atoms with E-state index in [1.54, 1.807) is 0 Å². The van der Waals surface area contributed by atoms with Crippen molar-refractivity contribution in [3.8, 4) is 0 Å². The van der Waals surface area contributed by atoms with Crippen molar-refractivity contribution in [2.75, 3.05) is 0 Å². The van der Waals surface area contributed by atoms with Crippen molar-refractivity contribution in [1.82, 2.24) is 4.98 Å². The molecule has 1 heterocycles. The Morgan fingerprint density at radius 2 is 1.85 bits per heavy atom. The van der Waals surface area contributed by atoms with Gasteiger partial charge in [-0.05, 0) is 12.1 Å². The van der Waals surface area contributed by atoms with Gasteiger partial charge < -0.3 is 14.5 Å². The summed E-state index contributed by atoms with van der Waals surface area (Å²) in [4.78, 5) is 3.95. The van der Waals surface area contributed by atoms with Crippen LogP contribution in [0.1, 0.15) is 0 Å². The molecule has 0 atom stereocenters. The van der Waals surface area contributed by atoms with E-state index in [9.17, 15) is 0 Å². The summed E-state index contributed by atoms with van der Waals surface area (Å²) >= 11 is 0. The van der Waals surface area contributed by atoms with Crippen molar-refractivity contribution in [3.63, 3.8) is 0 Å². The van der Waals surface area contributed by atoms with E-state index in [1.807, 2.05) is 24.3 Å². The molecule has 0 unspecified atom stereocenters. The number of para-hydroxylation sites is 2. The third kappa shape index (κ3) is 3.46. The number of hydrogen-bond donors (Lipinski definition) is 2. The molecule has 0 bridgehead atoms. The predicted octanol–water partition coefficient (Wildman–Crippen LogP) is 0.755. The van der Waals surface area contributed by atoms with E-state index in [0.717, 1.165) is 11.1 Å². The van der Waals surface area contributed by atoms with Gasteiger partial charge in [-0.25, -0.2) is 4.98 Å². The minimum absolute atomic E-state index is 0. The average Bonchev–Trinajstić information content (AvgIpc) is 2.52. The van der Waals surface area contributed by atoms with Crippen molar-refractivity contribution >= 4 is 31.2 Å². The maximum Gasteiger partial charge on any atom is 0.482 e. The molecule has 0 fully saturated rings. The molecule has 1 aromatic carbocycles. The van der Waals surface area contributed by atoms with Crippen LogP contribution in [-0.4, -0.2) is 22.7 Å². The predicted molar refractivity (Wildman–Crippen MR) is 51.4 cm³/mol. The van der Waals surface area contributed by atoms with E-state index >= 15 is 0 Å². The summed E-state index contributed by atoms with van der Waals surface area (Å²) < 4.78 is 5.01. The number of nitrogens with zero attached hydrogens (tertiary/aromatic N) is 1. The van der Waals surface area contributed by atoms with Crippen molar-refractivity contribution in [3.05, 3.63) is 30.7 Å². The quantitative estimate of drug-likeness (QED) is 0.616. The lowest BCUT2D eigenvalue weighted by molar-refractivity contribution is 0.448. The lowest BCUT2D eigenvalue weighted by Crippen LogP contribution is -1.75. The first-order valence-corrected chi connectivity index (χ1v) is 3.27. The van der Waals surface area contributed by atoms with E-state index in [1.165, 1.54) is 6.39 Å². The minimum atomic E-state index is 0. The fourth-order valence-electron chi connectivity index (χ4n) is 0.803. The molecule has 4 nitrogen and oxygen atoms in total. The van der Waals surface area contributed by atoms with E-state index in [-0.39, 0.29) is 20.1 Å². The molecular formula is C7H8BClNO3. The summed E-state index contributed by atoms with van der Waals surface area (Å²) in [6, 6.07) is 7.67. The molecule has 1 aromatic heterocycles. The third-order valence-corrected chi connectivity index (χ3v) is 1.24. The molecule has 1 radical (unpaired) electrons. The fraction of sp³-hybridized carbons (Fsp3) is 0. The minimum Gasteiger partial charge on any atom is -0.443 e. The van der Waals surface area contributed by atoms with E-state index in [2.05, 4.69) is 4.98 Å². The summed E-state index contributed by atoms with van der Waals surface area (Å²) in [5, 5.41) is 14.0. The molecule has 0 aliphatic rings. The highest BCUT2D eigenvalue weighted by Crippen LogP contribution is 2.09. The van der Waals surface area contributed by atoms with Crippen LogP contribution >= 0.6 is 12.4 Å². The van der Waals surface area contributed by atoms with Crippen LogP contribution in [0.5, 0.6) is 0 Å². The van der Waals surface area contributed by atoms with Gasteiger partial charge in [0.25, 0.3) is 0 Å². The van der Waals surface area contributed by atoms with Crippen LogP contribution in [0, 0.1) is 0 Å². The van der Waals surface area contributed by atoms with Crippen LogP contribution in [-0.2, 0) is 0 Å². The number of fused-ring (bicyclic) bond motifs is 1. The fourth-order valence-corrected chi connectivity index (χ4v) is 0.803. The van der Waals surface area contributed by atoms with Crippen molar-refractivity contribution in [1.29, 1.82) is 0 Å². The highest BCUT2D eigenvalue weighted by molar-refractivity contribution is 6.13. The zero-order valence-electron chi connectivity index (χ0n) is 6.62. The Morgan fingerprint density at radius 3 is 2.46 bits per heavy atom. The molecule has 2 N–H and O–H groups in total. The zero-order chi connectivity index (χ0) is 8.81. The largest absolute Gasteiger partial charge is 0.482 e. The second kappa shape index (κ2) is 6.48. The van der Waals surface area contributed by atoms with Gasteiger partial charge in [-0.2, -0.15) is 0 Å². The van der Waals surface area contributed by atoms with Gasteiger partial charge >= 0.3 is 7.69 Å². The molecule has 0 saturated heterocycles. The number of rotatable bonds is 0. The Balaban J connectivity index is 0.000000324. The summed E-state index contributed by atoms with van der Waals surface area (Å²) in [6.07, 6.45) is 1.45. The molecule has 69 valence electrons. The van der Waals surface area contributed by atoms with Gasteiger partial charge in [0.15, 0.2) is 12.0 Å². The number of benzene rings is 1. The molecule has 0 spiro atoms. The van der Waals surface area contributed by atoms with E-state index in [0.29, 0.717) is 0 Å². The second-order valence-corrected chi connectivity index (χ2v) is 1.94. The number of halogens is 1. The molecule has 0 amide bonds. The SMILES string of the molecule is Cl.O[B]O.c1ccc2ocnc2c1. The van der Waals surface area contributed by atoms with E-state index < -0.39 is 0 Å². The van der Waals surface area contributed by atoms with Crippen molar-refractivity contribution in [2.45, 2.75) is 0 Å². The number of oxazole rings is 1. The number of hydrogen-bond acceptors (Lipinski definition) is 4. The molecule has 0 saturated carbocycles. The van der Waals surface area contributed by atoms with Crippen LogP contribution < -0.4 is 0 Å². The summed E-state index contributed by atoms with van der Waals surface area (Å²) in [5.41, 5.74) is 1.76. The molecule has 13 heavy (non-hydrogen) atoms. The molecule has 2 aromatic rings. The van der Waals surface area contributed by atoms with Gasteiger partial charge in [-0.1, -0.05) is 12.1 Å². The monoisotopic (exact) mass is 200 g/mol. The van der Waals surface area contributed by atoms with Crippen LogP contribution in [0.2, 0.25) is 0 Å². The molecule has 2 rings (SSSR count). The maximum absolute atomic E-state index is 7.00. The van der Waals surface area contributed by atoms with Gasteiger partial charge in [-0.3, -0.25) is 0 Å².